The monoisotopic (exact) mass is 269 g/mol. The normalized spacial score (nSPS) is 14.6. The number of carboxylic acids is 1. The summed E-state index contributed by atoms with van der Waals surface area (Å²) >= 11 is 0. The molecule has 0 atom stereocenters. The highest BCUT2D eigenvalue weighted by atomic mass is 16.4. The zero-order chi connectivity index (χ0) is 14.4. The number of nitrogens with zero attached hydrogens (tertiary/aromatic N) is 1. The first-order valence-electron chi connectivity index (χ1n) is 5.77. The number of hydrogen-bond donors (Lipinski definition) is 3. The zero-order valence-electron chi connectivity index (χ0n) is 10.2. The number of carboxylic acid groups (broad SMARTS) is 1. The molecule has 1 heterocycles. The Morgan fingerprint density at radius 3 is 2.53 bits per heavy atom. The van der Waals surface area contributed by atoms with Crippen molar-refractivity contribution in [2.45, 2.75) is 25.7 Å². The van der Waals surface area contributed by atoms with Crippen molar-refractivity contribution >= 4 is 23.7 Å². The molecule has 0 aromatic heterocycles. The molecule has 0 spiro atoms. The first kappa shape index (κ1) is 14.8. The molecule has 0 radical (unpaired) electrons. The van der Waals surface area contributed by atoms with E-state index in [1.165, 1.54) is 0 Å². The minimum atomic E-state index is -0.878. The van der Waals surface area contributed by atoms with Crippen LogP contribution in [0.5, 0.6) is 0 Å². The van der Waals surface area contributed by atoms with Crippen LogP contribution < -0.4 is 11.3 Å². The smallest absolute Gasteiger partial charge is 0.303 e. The molecule has 0 saturated heterocycles. The molecule has 8 nitrogen and oxygen atoms in total. The minimum absolute atomic E-state index is 0.0565. The van der Waals surface area contributed by atoms with Crippen molar-refractivity contribution in [1.29, 1.82) is 0 Å². The van der Waals surface area contributed by atoms with Gasteiger partial charge in [-0.2, -0.15) is 0 Å². The summed E-state index contributed by atoms with van der Waals surface area (Å²) in [4.78, 5) is 45.7. The number of amides is 3. The van der Waals surface area contributed by atoms with Crippen molar-refractivity contribution in [3.63, 3.8) is 0 Å². The van der Waals surface area contributed by atoms with Gasteiger partial charge in [0.05, 0.1) is 0 Å². The second-order valence-electron chi connectivity index (χ2n) is 4.03. The van der Waals surface area contributed by atoms with Crippen LogP contribution >= 0.6 is 0 Å². The number of carbonyl (C=O) groups is 4. The largest absolute Gasteiger partial charge is 0.481 e. The number of nitrogens with two attached hydrogens (primary N) is 1. The third-order valence-electron chi connectivity index (χ3n) is 2.66. The van der Waals surface area contributed by atoms with Gasteiger partial charge in [-0.15, -0.1) is 0 Å². The maximum atomic E-state index is 11.7. The molecule has 4 N–H and O–H groups in total. The first-order chi connectivity index (χ1) is 8.97. The summed E-state index contributed by atoms with van der Waals surface area (Å²) in [6.07, 6.45) is 2.57. The number of carbonyl (C=O) groups excluding carboxylic acids is 3. The highest BCUT2D eigenvalue weighted by Crippen LogP contribution is 2.14. The van der Waals surface area contributed by atoms with Crippen molar-refractivity contribution < 1.29 is 24.3 Å². The van der Waals surface area contributed by atoms with Gasteiger partial charge in [0.2, 0.25) is 0 Å². The Morgan fingerprint density at radius 2 is 1.95 bits per heavy atom. The number of imide groups is 1. The fourth-order valence-electron chi connectivity index (χ4n) is 1.68. The highest BCUT2D eigenvalue weighted by Gasteiger charge is 2.34. The quantitative estimate of drug-likeness (QED) is 0.134. The van der Waals surface area contributed by atoms with Crippen LogP contribution in [0.25, 0.3) is 0 Å². The molecule has 104 valence electrons. The van der Waals surface area contributed by atoms with Gasteiger partial charge >= 0.3 is 5.97 Å². The van der Waals surface area contributed by atoms with Crippen molar-refractivity contribution in [3.05, 3.63) is 11.6 Å². The number of aliphatic carboxylic acids is 1. The first-order valence-corrected chi connectivity index (χ1v) is 5.77. The van der Waals surface area contributed by atoms with E-state index < -0.39 is 23.7 Å². The third-order valence-corrected chi connectivity index (χ3v) is 2.66. The Kier molecular flexibility index (Phi) is 5.19. The van der Waals surface area contributed by atoms with Crippen molar-refractivity contribution in [2.75, 3.05) is 6.54 Å². The van der Waals surface area contributed by atoms with Crippen LogP contribution in [0.2, 0.25) is 0 Å². The van der Waals surface area contributed by atoms with E-state index in [4.69, 9.17) is 10.9 Å². The Balaban J connectivity index is 2.41. The lowest BCUT2D eigenvalue weighted by atomic mass is 10.2. The predicted octanol–water partition coefficient (Wildman–Crippen LogP) is -1.08. The van der Waals surface area contributed by atoms with E-state index in [1.807, 2.05) is 0 Å². The number of hydrogen-bond acceptors (Lipinski definition) is 5. The van der Waals surface area contributed by atoms with E-state index in [1.54, 1.807) is 5.43 Å². The Hall–Kier alpha value is -2.22. The van der Waals surface area contributed by atoms with Gasteiger partial charge in [0.25, 0.3) is 17.7 Å². The average molecular weight is 269 g/mol. The molecule has 0 aromatic carbocycles. The predicted molar refractivity (Wildman–Crippen MR) is 63.2 cm³/mol. The fraction of sp³-hybridized carbons (Fsp3) is 0.455. The van der Waals surface area contributed by atoms with Gasteiger partial charge in [-0.1, -0.05) is 6.42 Å². The second kappa shape index (κ2) is 6.64. The summed E-state index contributed by atoms with van der Waals surface area (Å²) < 4.78 is 0. The highest BCUT2D eigenvalue weighted by molar-refractivity contribution is 6.29. The topological polar surface area (TPSA) is 130 Å². The molecule has 0 bridgehead atoms. The van der Waals surface area contributed by atoms with Crippen LogP contribution in [-0.2, 0) is 19.2 Å². The number of nitrogens with one attached hydrogen (secondary N) is 1. The van der Waals surface area contributed by atoms with E-state index in [-0.39, 0.29) is 18.5 Å². The molecule has 8 heteroatoms. The van der Waals surface area contributed by atoms with Crippen LogP contribution in [0.1, 0.15) is 25.7 Å². The molecule has 19 heavy (non-hydrogen) atoms. The summed E-state index contributed by atoms with van der Waals surface area (Å²) in [6, 6.07) is 0. The van der Waals surface area contributed by atoms with Gasteiger partial charge in [-0.3, -0.25) is 29.5 Å². The van der Waals surface area contributed by atoms with Crippen LogP contribution in [0.3, 0.4) is 0 Å². The summed E-state index contributed by atoms with van der Waals surface area (Å²) in [6.45, 7) is 0.162. The van der Waals surface area contributed by atoms with E-state index in [9.17, 15) is 19.2 Å². The van der Waals surface area contributed by atoms with Gasteiger partial charge in [-0.05, 0) is 12.8 Å². The van der Waals surface area contributed by atoms with E-state index in [2.05, 4.69) is 0 Å². The maximum absolute atomic E-state index is 11.7. The molecule has 1 aliphatic rings. The SMILES string of the molecule is NNC(=O)C1=CC(=O)N(CCCCCC(=O)O)C1=O. The summed E-state index contributed by atoms with van der Waals surface area (Å²) in [5.74, 6) is 1.99. The van der Waals surface area contributed by atoms with Gasteiger partial charge in [0.15, 0.2) is 0 Å². The number of unbranched alkanes of at least 4 members (excludes halogenated alkanes) is 2. The fourth-order valence-corrected chi connectivity index (χ4v) is 1.68. The lowest BCUT2D eigenvalue weighted by Crippen LogP contribution is -2.37. The van der Waals surface area contributed by atoms with Gasteiger partial charge in [-0.25, -0.2) is 5.84 Å². The van der Waals surface area contributed by atoms with E-state index in [0.717, 1.165) is 11.0 Å². The van der Waals surface area contributed by atoms with E-state index >= 15 is 0 Å². The number of rotatable bonds is 7. The van der Waals surface area contributed by atoms with Crippen LogP contribution in [-0.4, -0.2) is 40.2 Å². The molecular formula is C11H15N3O5. The second-order valence-corrected chi connectivity index (χ2v) is 4.03. The van der Waals surface area contributed by atoms with Crippen molar-refractivity contribution in [3.8, 4) is 0 Å². The van der Waals surface area contributed by atoms with Crippen LogP contribution in [0, 0.1) is 0 Å². The van der Waals surface area contributed by atoms with Gasteiger partial charge < -0.3 is 5.11 Å². The standard InChI is InChI=1S/C11H15N3O5/c12-13-10(18)7-6-8(15)14(11(7)19)5-3-1-2-4-9(16)17/h6H,1-5,12H2,(H,13,18)(H,16,17). The number of hydrazine groups is 1. The molecule has 1 aliphatic heterocycles. The van der Waals surface area contributed by atoms with Crippen molar-refractivity contribution in [1.82, 2.24) is 10.3 Å². The minimum Gasteiger partial charge on any atom is -0.481 e. The summed E-state index contributed by atoms with van der Waals surface area (Å²) in [5, 5.41) is 8.45. The van der Waals surface area contributed by atoms with E-state index in [0.29, 0.717) is 19.3 Å². The van der Waals surface area contributed by atoms with Crippen LogP contribution in [0.4, 0.5) is 0 Å². The van der Waals surface area contributed by atoms with Gasteiger partial charge in [0, 0.05) is 19.0 Å². The Morgan fingerprint density at radius 1 is 1.26 bits per heavy atom. The lowest BCUT2D eigenvalue weighted by Gasteiger charge is -2.13. The Labute approximate surface area is 109 Å². The molecule has 0 unspecified atom stereocenters. The average Bonchev–Trinajstić information content (AvgIpc) is 2.64. The molecule has 0 saturated carbocycles. The molecule has 1 rings (SSSR count). The molecule has 0 aliphatic carbocycles. The zero-order valence-corrected chi connectivity index (χ0v) is 10.2. The third kappa shape index (κ3) is 3.88. The maximum Gasteiger partial charge on any atom is 0.303 e. The van der Waals surface area contributed by atoms with Crippen LogP contribution in [0.15, 0.2) is 11.6 Å². The van der Waals surface area contributed by atoms with Gasteiger partial charge in [0.1, 0.15) is 5.57 Å². The molecule has 0 aromatic rings. The molecular weight excluding hydrogens is 254 g/mol. The molecule has 0 fully saturated rings. The lowest BCUT2D eigenvalue weighted by molar-refractivity contribution is -0.139. The summed E-state index contributed by atoms with van der Waals surface area (Å²) in [5.41, 5.74) is 1.52. The summed E-state index contributed by atoms with van der Waals surface area (Å²) in [7, 11) is 0. The Bertz CT molecular complexity index is 444. The van der Waals surface area contributed by atoms with Crippen molar-refractivity contribution in [2.24, 2.45) is 5.84 Å². The molecule has 3 amide bonds.